The van der Waals surface area contributed by atoms with Gasteiger partial charge < -0.3 is 4.74 Å². The minimum atomic E-state index is -0.548. The third-order valence-corrected chi connectivity index (χ3v) is 2.69. The zero-order chi connectivity index (χ0) is 13.0. The van der Waals surface area contributed by atoms with Gasteiger partial charge in [-0.1, -0.05) is 15.9 Å². The van der Waals surface area contributed by atoms with Crippen LogP contribution >= 0.6 is 15.9 Å². The van der Waals surface area contributed by atoms with E-state index in [9.17, 15) is 9.59 Å². The number of benzene rings is 1. The third kappa shape index (κ3) is 2.81. The number of hydrogen-bond donors (Lipinski definition) is 0. The first-order valence-corrected chi connectivity index (χ1v) is 5.87. The fourth-order valence-electron chi connectivity index (χ4n) is 1.35. The number of halogens is 1. The molecule has 0 aliphatic carbocycles. The maximum Gasteiger partial charge on any atom is 0.345 e. The molecule has 1 aromatic heterocycles. The summed E-state index contributed by atoms with van der Waals surface area (Å²) in [6.07, 6.45) is 3.60. The number of esters is 1. The van der Waals surface area contributed by atoms with Crippen molar-refractivity contribution in [1.29, 1.82) is 0 Å². The van der Waals surface area contributed by atoms with Crippen molar-refractivity contribution in [3.63, 3.8) is 0 Å². The molecule has 5 heteroatoms. The lowest BCUT2D eigenvalue weighted by Gasteiger charge is -2.06. The van der Waals surface area contributed by atoms with Crippen LogP contribution < -0.4 is 4.74 Å². The quantitative estimate of drug-likeness (QED) is 0.497. The number of aldehydes is 1. The zero-order valence-electron chi connectivity index (χ0n) is 9.17. The topological polar surface area (TPSA) is 56.3 Å². The van der Waals surface area contributed by atoms with Gasteiger partial charge in [0.15, 0.2) is 6.29 Å². The van der Waals surface area contributed by atoms with Gasteiger partial charge in [-0.05, 0) is 30.3 Å². The minimum absolute atomic E-state index is 0.224. The molecule has 1 heterocycles. The van der Waals surface area contributed by atoms with Crippen LogP contribution in [0.1, 0.15) is 20.7 Å². The molecule has 0 fully saturated rings. The Kier molecular flexibility index (Phi) is 3.84. The van der Waals surface area contributed by atoms with E-state index < -0.39 is 5.97 Å². The molecule has 0 radical (unpaired) electrons. The van der Waals surface area contributed by atoms with Crippen molar-refractivity contribution in [2.45, 2.75) is 0 Å². The first-order chi connectivity index (χ1) is 8.70. The maximum atomic E-state index is 11.8. The van der Waals surface area contributed by atoms with Crippen LogP contribution in [0.15, 0.2) is 47.2 Å². The summed E-state index contributed by atoms with van der Waals surface area (Å²) in [5, 5.41) is 0. The number of nitrogens with zero attached hydrogens (tertiary/aromatic N) is 1. The van der Waals surface area contributed by atoms with Crippen molar-refractivity contribution in [3.8, 4) is 5.75 Å². The number of aromatic nitrogens is 1. The van der Waals surface area contributed by atoms with Crippen LogP contribution in [0.2, 0.25) is 0 Å². The Balaban J connectivity index is 2.25. The van der Waals surface area contributed by atoms with Gasteiger partial charge in [0, 0.05) is 16.9 Å². The molecule has 1 aromatic carbocycles. The van der Waals surface area contributed by atoms with Crippen molar-refractivity contribution in [3.05, 3.63) is 58.3 Å². The fraction of sp³-hybridized carbons (Fsp3) is 0. The molecule has 0 spiro atoms. The highest BCUT2D eigenvalue weighted by Crippen LogP contribution is 2.22. The van der Waals surface area contributed by atoms with Gasteiger partial charge in [-0.25, -0.2) is 4.79 Å². The Hall–Kier alpha value is -2.01. The van der Waals surface area contributed by atoms with E-state index in [-0.39, 0.29) is 5.75 Å². The Morgan fingerprint density at radius 3 is 2.83 bits per heavy atom. The number of ether oxygens (including phenoxy) is 1. The van der Waals surface area contributed by atoms with E-state index in [2.05, 4.69) is 20.9 Å². The van der Waals surface area contributed by atoms with Crippen LogP contribution in [0.25, 0.3) is 0 Å². The second-order valence-corrected chi connectivity index (χ2v) is 4.35. The van der Waals surface area contributed by atoms with Gasteiger partial charge in [-0.15, -0.1) is 0 Å². The largest absolute Gasteiger partial charge is 0.422 e. The van der Waals surface area contributed by atoms with Gasteiger partial charge in [0.1, 0.15) is 5.75 Å². The molecule has 2 aromatic rings. The molecule has 0 saturated heterocycles. The summed E-state index contributed by atoms with van der Waals surface area (Å²) in [5.74, 6) is -0.324. The summed E-state index contributed by atoms with van der Waals surface area (Å²) >= 11 is 3.24. The highest BCUT2D eigenvalue weighted by molar-refractivity contribution is 9.10. The summed E-state index contributed by atoms with van der Waals surface area (Å²) in [6.45, 7) is 0. The van der Waals surface area contributed by atoms with Crippen LogP contribution in [-0.2, 0) is 0 Å². The third-order valence-electron chi connectivity index (χ3n) is 2.20. The summed E-state index contributed by atoms with van der Waals surface area (Å²) in [4.78, 5) is 26.5. The smallest absolute Gasteiger partial charge is 0.345 e. The summed E-state index contributed by atoms with van der Waals surface area (Å²) < 4.78 is 5.89. The highest BCUT2D eigenvalue weighted by atomic mass is 79.9. The van der Waals surface area contributed by atoms with Crippen LogP contribution in [0.4, 0.5) is 0 Å². The Morgan fingerprint density at radius 2 is 2.17 bits per heavy atom. The fourth-order valence-corrected chi connectivity index (χ4v) is 1.73. The molecule has 4 nitrogen and oxygen atoms in total. The average molecular weight is 306 g/mol. The Morgan fingerprint density at radius 1 is 1.33 bits per heavy atom. The molecule has 18 heavy (non-hydrogen) atoms. The molecule has 0 atom stereocenters. The van der Waals surface area contributed by atoms with Gasteiger partial charge in [0.2, 0.25) is 0 Å². The molecular weight excluding hydrogens is 298 g/mol. The molecule has 0 saturated carbocycles. The Labute approximate surface area is 112 Å². The molecular formula is C13H8BrNO3. The number of carbonyl (C=O) groups excluding carboxylic acids is 2. The van der Waals surface area contributed by atoms with E-state index >= 15 is 0 Å². The molecule has 0 N–H and O–H groups in total. The van der Waals surface area contributed by atoms with Crippen LogP contribution in [0, 0.1) is 0 Å². The summed E-state index contributed by atoms with van der Waals surface area (Å²) in [5.41, 5.74) is 0.638. The van der Waals surface area contributed by atoms with Crippen molar-refractivity contribution in [1.82, 2.24) is 4.98 Å². The number of carbonyl (C=O) groups is 2. The van der Waals surface area contributed by atoms with Gasteiger partial charge in [-0.3, -0.25) is 9.78 Å². The highest BCUT2D eigenvalue weighted by Gasteiger charge is 2.11. The van der Waals surface area contributed by atoms with E-state index in [1.54, 1.807) is 36.5 Å². The first kappa shape index (κ1) is 12.4. The lowest BCUT2D eigenvalue weighted by molar-refractivity contribution is 0.0733. The van der Waals surface area contributed by atoms with Crippen LogP contribution in [0.3, 0.4) is 0 Å². The van der Waals surface area contributed by atoms with Crippen LogP contribution in [-0.4, -0.2) is 17.2 Å². The average Bonchev–Trinajstić information content (AvgIpc) is 2.41. The van der Waals surface area contributed by atoms with Gasteiger partial charge in [0.25, 0.3) is 0 Å². The van der Waals surface area contributed by atoms with E-state index in [4.69, 9.17) is 4.74 Å². The van der Waals surface area contributed by atoms with Gasteiger partial charge in [0.05, 0.1) is 11.1 Å². The molecule has 90 valence electrons. The van der Waals surface area contributed by atoms with E-state index in [0.29, 0.717) is 17.4 Å². The molecule has 0 aliphatic rings. The number of rotatable bonds is 3. The van der Waals surface area contributed by atoms with Gasteiger partial charge in [-0.2, -0.15) is 0 Å². The first-order valence-electron chi connectivity index (χ1n) is 5.07. The Bertz CT molecular complexity index is 584. The lowest BCUT2D eigenvalue weighted by atomic mass is 10.2. The summed E-state index contributed by atoms with van der Waals surface area (Å²) in [7, 11) is 0. The molecule has 2 rings (SSSR count). The predicted molar refractivity (Wildman–Crippen MR) is 68.7 cm³/mol. The van der Waals surface area contributed by atoms with Gasteiger partial charge >= 0.3 is 5.97 Å². The monoisotopic (exact) mass is 305 g/mol. The zero-order valence-corrected chi connectivity index (χ0v) is 10.8. The summed E-state index contributed by atoms with van der Waals surface area (Å²) in [6, 6.07) is 8.06. The molecule has 0 amide bonds. The number of hydrogen-bond acceptors (Lipinski definition) is 4. The molecule has 0 unspecified atom stereocenters. The van der Waals surface area contributed by atoms with Crippen LogP contribution in [0.5, 0.6) is 5.75 Å². The molecule has 0 aliphatic heterocycles. The minimum Gasteiger partial charge on any atom is -0.422 e. The maximum absolute atomic E-state index is 11.8. The molecule has 0 bridgehead atoms. The van der Waals surface area contributed by atoms with Crippen molar-refractivity contribution < 1.29 is 14.3 Å². The normalized spacial score (nSPS) is 9.83. The van der Waals surface area contributed by atoms with E-state index in [1.165, 1.54) is 6.20 Å². The predicted octanol–water partition coefficient (Wildman–Crippen LogP) is 2.88. The number of pyridine rings is 1. The van der Waals surface area contributed by atoms with Crippen molar-refractivity contribution in [2.75, 3.05) is 0 Å². The second kappa shape index (κ2) is 5.55. The second-order valence-electron chi connectivity index (χ2n) is 3.43. The van der Waals surface area contributed by atoms with E-state index in [1.807, 2.05) is 0 Å². The SMILES string of the molecule is O=Cc1cc(Br)ccc1OC(=O)c1cccnc1. The standard InChI is InChI=1S/C13H8BrNO3/c14-11-3-4-12(10(6-11)8-16)18-13(17)9-2-1-5-15-7-9/h1-8H. The van der Waals surface area contributed by atoms with E-state index in [0.717, 1.165) is 4.47 Å². The van der Waals surface area contributed by atoms with Crippen molar-refractivity contribution in [2.24, 2.45) is 0 Å². The van der Waals surface area contributed by atoms with Crippen molar-refractivity contribution >= 4 is 28.2 Å². The lowest BCUT2D eigenvalue weighted by Crippen LogP contribution is -2.09.